The van der Waals surface area contributed by atoms with Crippen molar-refractivity contribution in [3.8, 4) is 0 Å². The SMILES string of the molecule is COC(=O)c1ccccc1Nc1cc(C(=O)Nc2c(C)cc(C)cc2C)ccn1. The van der Waals surface area contributed by atoms with Gasteiger partial charge in [0.2, 0.25) is 0 Å². The zero-order valence-electron chi connectivity index (χ0n) is 16.9. The second kappa shape index (κ2) is 8.56. The number of nitrogens with zero attached hydrogens (tertiary/aromatic N) is 1. The molecule has 0 radical (unpaired) electrons. The molecule has 0 aliphatic carbocycles. The third kappa shape index (κ3) is 4.60. The van der Waals surface area contributed by atoms with E-state index in [4.69, 9.17) is 4.74 Å². The van der Waals surface area contributed by atoms with Crippen LogP contribution in [0, 0.1) is 20.8 Å². The van der Waals surface area contributed by atoms with E-state index in [-0.39, 0.29) is 5.91 Å². The maximum Gasteiger partial charge on any atom is 0.339 e. The van der Waals surface area contributed by atoms with Crippen molar-refractivity contribution in [3.05, 3.63) is 82.5 Å². The molecule has 6 nitrogen and oxygen atoms in total. The summed E-state index contributed by atoms with van der Waals surface area (Å²) in [5.74, 6) is -0.231. The smallest absolute Gasteiger partial charge is 0.339 e. The third-order valence-electron chi connectivity index (χ3n) is 4.53. The van der Waals surface area contributed by atoms with Crippen molar-refractivity contribution in [2.24, 2.45) is 0 Å². The van der Waals surface area contributed by atoms with Crippen molar-refractivity contribution in [1.82, 2.24) is 4.98 Å². The largest absolute Gasteiger partial charge is 0.465 e. The summed E-state index contributed by atoms with van der Waals surface area (Å²) in [7, 11) is 1.33. The molecular formula is C23H23N3O3. The lowest BCUT2D eigenvalue weighted by Crippen LogP contribution is -2.14. The number of carbonyl (C=O) groups is 2. The van der Waals surface area contributed by atoms with Crippen LogP contribution in [0.5, 0.6) is 0 Å². The fourth-order valence-corrected chi connectivity index (χ4v) is 3.22. The van der Waals surface area contributed by atoms with Gasteiger partial charge in [0.15, 0.2) is 0 Å². The van der Waals surface area contributed by atoms with Crippen LogP contribution in [0.1, 0.15) is 37.4 Å². The second-order valence-corrected chi connectivity index (χ2v) is 6.82. The molecule has 0 spiro atoms. The van der Waals surface area contributed by atoms with Crippen LogP contribution in [0.4, 0.5) is 17.2 Å². The minimum atomic E-state index is -0.452. The van der Waals surface area contributed by atoms with Gasteiger partial charge in [0.1, 0.15) is 5.82 Å². The summed E-state index contributed by atoms with van der Waals surface area (Å²) >= 11 is 0. The summed E-state index contributed by atoms with van der Waals surface area (Å²) in [5.41, 5.74) is 5.37. The molecule has 0 bridgehead atoms. The quantitative estimate of drug-likeness (QED) is 0.613. The predicted molar refractivity (Wildman–Crippen MR) is 114 cm³/mol. The summed E-state index contributed by atoms with van der Waals surface area (Å²) in [6.07, 6.45) is 1.55. The van der Waals surface area contributed by atoms with E-state index in [1.165, 1.54) is 7.11 Å². The summed E-state index contributed by atoms with van der Waals surface area (Å²) in [6.45, 7) is 5.97. The van der Waals surface area contributed by atoms with E-state index in [9.17, 15) is 9.59 Å². The molecule has 0 fully saturated rings. The summed E-state index contributed by atoms with van der Waals surface area (Å²) < 4.78 is 4.81. The predicted octanol–water partition coefficient (Wildman–Crippen LogP) is 4.79. The van der Waals surface area contributed by atoms with E-state index in [0.29, 0.717) is 22.6 Å². The first-order valence-electron chi connectivity index (χ1n) is 9.18. The van der Waals surface area contributed by atoms with Gasteiger partial charge in [0.05, 0.1) is 18.4 Å². The van der Waals surface area contributed by atoms with Crippen LogP contribution in [-0.4, -0.2) is 24.0 Å². The molecule has 2 aromatic carbocycles. The standard InChI is InChI=1S/C23H23N3O3/c1-14-11-15(2)21(16(3)12-14)26-22(27)17-9-10-24-20(13-17)25-19-8-6-5-7-18(19)23(28)29-4/h5-13H,1-4H3,(H,24,25)(H,26,27). The van der Waals surface area contributed by atoms with Gasteiger partial charge in [0.25, 0.3) is 5.91 Å². The highest BCUT2D eigenvalue weighted by molar-refractivity contribution is 6.05. The van der Waals surface area contributed by atoms with Crippen molar-refractivity contribution in [1.29, 1.82) is 0 Å². The highest BCUT2D eigenvalue weighted by Crippen LogP contribution is 2.24. The Hall–Kier alpha value is -3.67. The van der Waals surface area contributed by atoms with Crippen molar-refractivity contribution >= 4 is 29.1 Å². The van der Waals surface area contributed by atoms with Crippen molar-refractivity contribution in [2.75, 3.05) is 17.7 Å². The Morgan fingerprint density at radius 2 is 1.66 bits per heavy atom. The van der Waals surface area contributed by atoms with Crippen LogP contribution in [0.15, 0.2) is 54.7 Å². The Kier molecular flexibility index (Phi) is 5.93. The molecule has 0 saturated carbocycles. The lowest BCUT2D eigenvalue weighted by atomic mass is 10.0. The fourth-order valence-electron chi connectivity index (χ4n) is 3.22. The number of hydrogen-bond donors (Lipinski definition) is 2. The number of hydrogen-bond acceptors (Lipinski definition) is 5. The van der Waals surface area contributed by atoms with Crippen molar-refractivity contribution < 1.29 is 14.3 Å². The van der Waals surface area contributed by atoms with Gasteiger partial charge in [-0.25, -0.2) is 9.78 Å². The molecule has 148 valence electrons. The van der Waals surface area contributed by atoms with E-state index >= 15 is 0 Å². The molecule has 0 aliphatic rings. The monoisotopic (exact) mass is 389 g/mol. The van der Waals surface area contributed by atoms with Gasteiger partial charge < -0.3 is 15.4 Å². The van der Waals surface area contributed by atoms with Gasteiger partial charge >= 0.3 is 5.97 Å². The maximum atomic E-state index is 12.8. The average Bonchev–Trinajstić information content (AvgIpc) is 2.70. The Labute approximate surface area is 169 Å². The number of benzene rings is 2. The first-order chi connectivity index (χ1) is 13.9. The van der Waals surface area contributed by atoms with Gasteiger partial charge in [-0.1, -0.05) is 29.8 Å². The van der Waals surface area contributed by atoms with Crippen molar-refractivity contribution in [3.63, 3.8) is 0 Å². The molecule has 29 heavy (non-hydrogen) atoms. The number of ether oxygens (including phenoxy) is 1. The molecule has 0 atom stereocenters. The third-order valence-corrected chi connectivity index (χ3v) is 4.53. The number of nitrogens with one attached hydrogen (secondary N) is 2. The van der Waals surface area contributed by atoms with E-state index < -0.39 is 5.97 Å². The number of pyridine rings is 1. The molecule has 1 amide bonds. The van der Waals surface area contributed by atoms with Gasteiger partial charge in [-0.15, -0.1) is 0 Å². The molecule has 1 aromatic heterocycles. The number of carbonyl (C=O) groups excluding carboxylic acids is 2. The van der Waals surface area contributed by atoms with Gasteiger partial charge in [0, 0.05) is 17.4 Å². The molecule has 0 unspecified atom stereocenters. The van der Waals surface area contributed by atoms with Crippen LogP contribution in [0.25, 0.3) is 0 Å². The number of aryl methyl sites for hydroxylation is 3. The van der Waals surface area contributed by atoms with Gasteiger partial charge in [-0.05, 0) is 56.2 Å². The van der Waals surface area contributed by atoms with Crippen LogP contribution in [-0.2, 0) is 4.74 Å². The summed E-state index contributed by atoms with van der Waals surface area (Å²) in [5, 5.41) is 6.07. The van der Waals surface area contributed by atoms with Crippen LogP contribution in [0.2, 0.25) is 0 Å². The zero-order chi connectivity index (χ0) is 21.0. The first kappa shape index (κ1) is 20.1. The lowest BCUT2D eigenvalue weighted by Gasteiger charge is -2.14. The number of anilines is 3. The number of aromatic nitrogens is 1. The number of para-hydroxylation sites is 1. The van der Waals surface area contributed by atoms with Crippen LogP contribution >= 0.6 is 0 Å². The van der Waals surface area contributed by atoms with Gasteiger partial charge in [-0.3, -0.25) is 4.79 Å². The Morgan fingerprint density at radius 1 is 0.966 bits per heavy atom. The number of esters is 1. The van der Waals surface area contributed by atoms with Crippen molar-refractivity contribution in [2.45, 2.75) is 20.8 Å². The Morgan fingerprint density at radius 3 is 2.34 bits per heavy atom. The molecule has 6 heteroatoms. The topological polar surface area (TPSA) is 80.3 Å². The molecule has 0 saturated heterocycles. The van der Waals surface area contributed by atoms with Gasteiger partial charge in [-0.2, -0.15) is 0 Å². The average molecular weight is 389 g/mol. The number of amides is 1. The van der Waals surface area contributed by atoms with E-state index in [1.807, 2.05) is 32.9 Å². The van der Waals surface area contributed by atoms with Crippen LogP contribution in [0.3, 0.4) is 0 Å². The van der Waals surface area contributed by atoms with E-state index in [0.717, 1.165) is 22.4 Å². The maximum absolute atomic E-state index is 12.8. The molecule has 2 N–H and O–H groups in total. The molecular weight excluding hydrogens is 366 g/mol. The summed E-state index contributed by atoms with van der Waals surface area (Å²) in [4.78, 5) is 29.0. The fraction of sp³-hybridized carbons (Fsp3) is 0.174. The normalized spacial score (nSPS) is 10.3. The van der Waals surface area contributed by atoms with E-state index in [1.54, 1.807) is 42.6 Å². The zero-order valence-corrected chi connectivity index (χ0v) is 16.9. The molecule has 3 rings (SSSR count). The lowest BCUT2D eigenvalue weighted by molar-refractivity contribution is 0.0601. The highest BCUT2D eigenvalue weighted by atomic mass is 16.5. The second-order valence-electron chi connectivity index (χ2n) is 6.82. The minimum absolute atomic E-state index is 0.230. The Bertz CT molecular complexity index is 1050. The highest BCUT2D eigenvalue weighted by Gasteiger charge is 2.14. The molecule has 0 aliphatic heterocycles. The van der Waals surface area contributed by atoms with E-state index in [2.05, 4.69) is 15.6 Å². The number of rotatable bonds is 5. The Balaban J connectivity index is 1.84. The molecule has 1 heterocycles. The number of methoxy groups -OCH3 is 1. The summed E-state index contributed by atoms with van der Waals surface area (Å²) in [6, 6.07) is 14.3. The first-order valence-corrected chi connectivity index (χ1v) is 9.18. The molecule has 3 aromatic rings. The minimum Gasteiger partial charge on any atom is -0.465 e. The van der Waals surface area contributed by atoms with Crippen LogP contribution < -0.4 is 10.6 Å².